The Labute approximate surface area is 167 Å². The van der Waals surface area contributed by atoms with E-state index in [-0.39, 0.29) is 16.5 Å². The van der Waals surface area contributed by atoms with E-state index in [1.165, 1.54) is 0 Å². The number of halogens is 1. The van der Waals surface area contributed by atoms with Crippen molar-refractivity contribution in [3.05, 3.63) is 95.0 Å². The van der Waals surface area contributed by atoms with Crippen LogP contribution in [-0.2, 0) is 4.79 Å². The van der Waals surface area contributed by atoms with Crippen LogP contribution in [-0.4, -0.2) is 13.0 Å². The Morgan fingerprint density at radius 3 is 2.19 bits per heavy atom. The fourth-order valence-corrected chi connectivity index (χ4v) is 4.79. The van der Waals surface area contributed by atoms with Crippen LogP contribution >= 0.6 is 23.4 Å². The van der Waals surface area contributed by atoms with Gasteiger partial charge in [-0.1, -0.05) is 54.1 Å². The molecule has 2 unspecified atom stereocenters. The second kappa shape index (κ2) is 7.67. The number of ether oxygens (including phenoxy) is 1. The predicted octanol–water partition coefficient (Wildman–Crippen LogP) is 5.87. The number of nitrogens with zero attached hydrogens (tertiary/aromatic N) is 1. The van der Waals surface area contributed by atoms with E-state index in [9.17, 15) is 4.79 Å². The fourth-order valence-electron chi connectivity index (χ4n) is 3.20. The zero-order valence-electron chi connectivity index (χ0n) is 14.7. The first-order valence-corrected chi connectivity index (χ1v) is 9.92. The summed E-state index contributed by atoms with van der Waals surface area (Å²) in [5.41, 5.74) is 2.92. The van der Waals surface area contributed by atoms with Crippen molar-refractivity contribution in [2.45, 2.75) is 10.6 Å². The summed E-state index contributed by atoms with van der Waals surface area (Å²) in [4.78, 5) is 15.2. The fraction of sp³-hybridized carbons (Fsp3) is 0.136. The Morgan fingerprint density at radius 2 is 1.56 bits per heavy atom. The second-order valence-corrected chi connectivity index (χ2v) is 7.86. The van der Waals surface area contributed by atoms with E-state index in [4.69, 9.17) is 16.3 Å². The van der Waals surface area contributed by atoms with Crippen LogP contribution < -0.4 is 9.64 Å². The summed E-state index contributed by atoms with van der Waals surface area (Å²) in [5, 5.41) is 0.294. The van der Waals surface area contributed by atoms with Crippen LogP contribution in [0.5, 0.6) is 5.75 Å². The maximum Gasteiger partial charge on any atom is 0.245 e. The lowest BCUT2D eigenvalue weighted by Gasteiger charge is -2.24. The van der Waals surface area contributed by atoms with Gasteiger partial charge in [0.2, 0.25) is 5.91 Å². The van der Waals surface area contributed by atoms with Crippen LogP contribution in [0, 0.1) is 0 Å². The topological polar surface area (TPSA) is 29.5 Å². The minimum atomic E-state index is -0.242. The minimum Gasteiger partial charge on any atom is -0.497 e. The molecule has 136 valence electrons. The highest BCUT2D eigenvalue weighted by Gasteiger charge is 2.42. The summed E-state index contributed by atoms with van der Waals surface area (Å²) >= 11 is 7.69. The van der Waals surface area contributed by atoms with Crippen molar-refractivity contribution < 1.29 is 9.53 Å². The van der Waals surface area contributed by atoms with Gasteiger partial charge < -0.3 is 4.74 Å². The molecule has 3 nitrogen and oxygen atoms in total. The van der Waals surface area contributed by atoms with Crippen LogP contribution in [0.4, 0.5) is 5.69 Å². The second-order valence-electron chi connectivity index (χ2n) is 6.24. The average Bonchev–Trinajstić information content (AvgIpc) is 3.06. The minimum absolute atomic E-state index is 0.0781. The lowest BCUT2D eigenvalue weighted by Crippen LogP contribution is -2.28. The van der Waals surface area contributed by atoms with Crippen molar-refractivity contribution in [1.29, 1.82) is 0 Å². The highest BCUT2D eigenvalue weighted by molar-refractivity contribution is 8.01. The lowest BCUT2D eigenvalue weighted by molar-refractivity contribution is -0.117. The van der Waals surface area contributed by atoms with E-state index in [2.05, 4.69) is 0 Å². The third-order valence-corrected chi connectivity index (χ3v) is 6.31. The van der Waals surface area contributed by atoms with Crippen molar-refractivity contribution in [1.82, 2.24) is 0 Å². The number of hydrogen-bond acceptors (Lipinski definition) is 3. The summed E-state index contributed by atoms with van der Waals surface area (Å²) in [5.74, 6) is 0.875. The third-order valence-electron chi connectivity index (χ3n) is 4.57. The number of methoxy groups -OCH3 is 1. The van der Waals surface area contributed by atoms with Crippen LogP contribution in [0.2, 0.25) is 5.02 Å². The summed E-state index contributed by atoms with van der Waals surface area (Å²) in [6.45, 7) is 0. The Kier molecular flexibility index (Phi) is 5.10. The first-order chi connectivity index (χ1) is 13.2. The maximum atomic E-state index is 13.3. The Balaban J connectivity index is 1.75. The zero-order chi connectivity index (χ0) is 18.8. The van der Waals surface area contributed by atoms with Gasteiger partial charge in [-0.2, -0.15) is 0 Å². The molecule has 0 saturated carbocycles. The van der Waals surface area contributed by atoms with Crippen molar-refractivity contribution in [2.75, 3.05) is 12.0 Å². The smallest absolute Gasteiger partial charge is 0.245 e. The number of thioether (sulfide) groups is 1. The average molecular weight is 396 g/mol. The number of carbonyl (C=O) groups is 1. The van der Waals surface area contributed by atoms with Gasteiger partial charge in [0.25, 0.3) is 0 Å². The monoisotopic (exact) mass is 395 g/mol. The molecule has 4 rings (SSSR count). The number of hydrogen-bond donors (Lipinski definition) is 0. The van der Waals surface area contributed by atoms with E-state index in [1.807, 2.05) is 83.8 Å². The van der Waals surface area contributed by atoms with Gasteiger partial charge >= 0.3 is 0 Å². The van der Waals surface area contributed by atoms with E-state index >= 15 is 0 Å². The van der Waals surface area contributed by atoms with Gasteiger partial charge in [0, 0.05) is 10.7 Å². The van der Waals surface area contributed by atoms with Crippen molar-refractivity contribution >= 4 is 35.0 Å². The summed E-state index contributed by atoms with van der Waals surface area (Å²) in [6, 6.07) is 25.2. The predicted molar refractivity (Wildman–Crippen MR) is 111 cm³/mol. The number of carbonyl (C=O) groups excluding carboxylic acids is 1. The Morgan fingerprint density at radius 1 is 0.889 bits per heavy atom. The highest BCUT2D eigenvalue weighted by Crippen LogP contribution is 2.52. The third kappa shape index (κ3) is 3.55. The number of amides is 1. The standard InChI is InChI=1S/C22H18ClNO2S/c1-26-19-13-7-16(8-14-19)22-24(18-11-9-17(23)10-12-18)21(25)20(27-22)15-5-3-2-4-6-15/h2-14,20,22H,1H3. The van der Waals surface area contributed by atoms with E-state index in [1.54, 1.807) is 18.9 Å². The number of rotatable bonds is 4. The van der Waals surface area contributed by atoms with Crippen molar-refractivity contribution in [3.63, 3.8) is 0 Å². The molecule has 0 spiro atoms. The summed E-state index contributed by atoms with van der Waals surface area (Å²) in [6.07, 6.45) is 0. The molecule has 5 heteroatoms. The van der Waals surface area contributed by atoms with Gasteiger partial charge in [-0.25, -0.2) is 0 Å². The summed E-state index contributed by atoms with van der Waals surface area (Å²) in [7, 11) is 1.65. The lowest BCUT2D eigenvalue weighted by atomic mass is 10.1. The van der Waals surface area contributed by atoms with Gasteiger partial charge in [-0.3, -0.25) is 9.69 Å². The molecular formula is C22H18ClNO2S. The van der Waals surface area contributed by atoms with Crippen LogP contribution in [0.15, 0.2) is 78.9 Å². The Hall–Kier alpha value is -2.43. The Bertz CT molecular complexity index is 929. The van der Waals surface area contributed by atoms with Gasteiger partial charge in [0.05, 0.1) is 7.11 Å². The molecule has 0 radical (unpaired) electrons. The van der Waals surface area contributed by atoms with Crippen LogP contribution in [0.25, 0.3) is 0 Å². The van der Waals surface area contributed by atoms with Crippen LogP contribution in [0.3, 0.4) is 0 Å². The molecule has 1 aliphatic rings. The molecule has 1 saturated heterocycles. The quantitative estimate of drug-likeness (QED) is 0.553. The number of benzene rings is 3. The number of anilines is 1. The molecule has 1 fully saturated rings. The van der Waals surface area contributed by atoms with Crippen LogP contribution in [0.1, 0.15) is 21.8 Å². The molecule has 3 aromatic rings. The molecule has 2 atom stereocenters. The molecular weight excluding hydrogens is 378 g/mol. The molecule has 1 aliphatic heterocycles. The molecule has 1 amide bonds. The van der Waals surface area contributed by atoms with Gasteiger partial charge in [-0.15, -0.1) is 11.8 Å². The highest BCUT2D eigenvalue weighted by atomic mass is 35.5. The normalized spacial score (nSPS) is 19.3. The first kappa shape index (κ1) is 18.0. The van der Waals surface area contributed by atoms with E-state index in [0.717, 1.165) is 22.6 Å². The SMILES string of the molecule is COc1ccc(C2SC(c3ccccc3)C(=O)N2c2ccc(Cl)cc2)cc1. The van der Waals surface area contributed by atoms with Crippen molar-refractivity contribution in [2.24, 2.45) is 0 Å². The van der Waals surface area contributed by atoms with Gasteiger partial charge in [-0.05, 0) is 47.5 Å². The van der Waals surface area contributed by atoms with E-state index in [0.29, 0.717) is 5.02 Å². The zero-order valence-corrected chi connectivity index (χ0v) is 16.3. The van der Waals surface area contributed by atoms with Gasteiger partial charge in [0.15, 0.2) is 0 Å². The van der Waals surface area contributed by atoms with Crippen molar-refractivity contribution in [3.8, 4) is 5.75 Å². The first-order valence-electron chi connectivity index (χ1n) is 8.60. The molecule has 0 bridgehead atoms. The van der Waals surface area contributed by atoms with Gasteiger partial charge in [0.1, 0.15) is 16.4 Å². The molecule has 0 N–H and O–H groups in total. The molecule has 1 heterocycles. The van der Waals surface area contributed by atoms with E-state index < -0.39 is 0 Å². The maximum absolute atomic E-state index is 13.3. The molecule has 3 aromatic carbocycles. The summed E-state index contributed by atoms with van der Waals surface area (Å²) < 4.78 is 5.27. The molecule has 0 aliphatic carbocycles. The molecule has 27 heavy (non-hydrogen) atoms. The largest absolute Gasteiger partial charge is 0.497 e. The molecule has 0 aromatic heterocycles.